The van der Waals surface area contributed by atoms with E-state index in [2.05, 4.69) is 22.4 Å². The van der Waals surface area contributed by atoms with Crippen LogP contribution in [-0.4, -0.2) is 22.1 Å². The van der Waals surface area contributed by atoms with Crippen molar-refractivity contribution in [2.75, 3.05) is 0 Å². The number of aryl methyl sites for hydroxylation is 1. The van der Waals surface area contributed by atoms with Gasteiger partial charge in [0.15, 0.2) is 5.82 Å². The first kappa shape index (κ1) is 15.4. The van der Waals surface area contributed by atoms with Crippen LogP contribution in [0.2, 0.25) is 0 Å². The second-order valence-electron chi connectivity index (χ2n) is 7.32. The quantitative estimate of drug-likeness (QED) is 0.932. The van der Waals surface area contributed by atoms with Crippen LogP contribution in [0.4, 0.5) is 0 Å². The van der Waals surface area contributed by atoms with E-state index in [4.69, 9.17) is 4.52 Å². The van der Waals surface area contributed by atoms with Crippen LogP contribution < -0.4 is 5.32 Å². The Kier molecular flexibility index (Phi) is 3.87. The average molecular weight is 325 g/mol. The van der Waals surface area contributed by atoms with Gasteiger partial charge in [-0.3, -0.25) is 4.79 Å². The van der Waals surface area contributed by atoms with Crippen LogP contribution in [0.25, 0.3) is 11.5 Å². The molecule has 2 bridgehead atoms. The predicted octanol–water partition coefficient (Wildman–Crippen LogP) is 3.60. The van der Waals surface area contributed by atoms with Crippen molar-refractivity contribution in [3.8, 4) is 11.5 Å². The topological polar surface area (TPSA) is 68.0 Å². The van der Waals surface area contributed by atoms with E-state index in [-0.39, 0.29) is 11.9 Å². The summed E-state index contributed by atoms with van der Waals surface area (Å²) >= 11 is 0. The Morgan fingerprint density at radius 2 is 2.04 bits per heavy atom. The number of carbonyl (C=O) groups is 1. The molecule has 2 aliphatic carbocycles. The van der Waals surface area contributed by atoms with E-state index in [1.54, 1.807) is 6.92 Å². The maximum absolute atomic E-state index is 12.5. The predicted molar refractivity (Wildman–Crippen MR) is 90.3 cm³/mol. The Bertz CT molecular complexity index is 737. The van der Waals surface area contributed by atoms with Gasteiger partial charge in [0.25, 0.3) is 11.8 Å². The first-order valence-corrected chi connectivity index (χ1v) is 8.82. The molecule has 2 aromatic rings. The second-order valence-corrected chi connectivity index (χ2v) is 7.32. The molecule has 0 aliphatic heterocycles. The molecular formula is C19H23N3O2. The number of hydrogen-bond donors (Lipinski definition) is 1. The van der Waals surface area contributed by atoms with Gasteiger partial charge < -0.3 is 9.84 Å². The minimum atomic E-state index is -0.00136. The number of rotatable bonds is 4. The smallest absolute Gasteiger partial charge is 0.257 e. The van der Waals surface area contributed by atoms with Crippen LogP contribution in [-0.2, 0) is 0 Å². The number of hydrogen-bond acceptors (Lipinski definition) is 4. The highest BCUT2D eigenvalue weighted by Gasteiger charge is 2.42. The van der Waals surface area contributed by atoms with Gasteiger partial charge in [-0.25, -0.2) is 0 Å². The lowest BCUT2D eigenvalue weighted by Gasteiger charge is -2.28. The Labute approximate surface area is 141 Å². The number of amides is 1. The standard InChI is InChI=1S/C19H23N3O2/c1-11(17-10-13-3-4-16(17)9-13)20-18(23)14-5-7-15(8-6-14)19-21-12(2)22-24-19/h5-8,11,13,16-17H,3-4,9-10H2,1-2H3,(H,20,23). The molecule has 24 heavy (non-hydrogen) atoms. The summed E-state index contributed by atoms with van der Waals surface area (Å²) in [6.07, 6.45) is 5.37. The van der Waals surface area contributed by atoms with Crippen molar-refractivity contribution >= 4 is 5.91 Å². The number of carbonyl (C=O) groups excluding carboxylic acids is 1. The monoisotopic (exact) mass is 325 g/mol. The summed E-state index contributed by atoms with van der Waals surface area (Å²) in [6.45, 7) is 3.94. The summed E-state index contributed by atoms with van der Waals surface area (Å²) in [5.41, 5.74) is 1.50. The SMILES string of the molecule is Cc1noc(-c2ccc(C(=O)NC(C)C3CC4CCC3C4)cc2)n1. The molecular weight excluding hydrogens is 302 g/mol. The second kappa shape index (κ2) is 6.04. The van der Waals surface area contributed by atoms with Crippen molar-refractivity contribution < 1.29 is 9.32 Å². The van der Waals surface area contributed by atoms with Gasteiger partial charge in [-0.15, -0.1) is 0 Å². The van der Waals surface area contributed by atoms with Crippen molar-refractivity contribution in [1.29, 1.82) is 0 Å². The molecule has 5 nitrogen and oxygen atoms in total. The summed E-state index contributed by atoms with van der Waals surface area (Å²) < 4.78 is 5.15. The highest BCUT2D eigenvalue weighted by atomic mass is 16.5. The number of nitrogens with one attached hydrogen (secondary N) is 1. The molecule has 126 valence electrons. The molecule has 5 heteroatoms. The largest absolute Gasteiger partial charge is 0.349 e. The van der Waals surface area contributed by atoms with E-state index in [0.29, 0.717) is 23.2 Å². The summed E-state index contributed by atoms with van der Waals surface area (Å²) in [4.78, 5) is 16.7. The maximum Gasteiger partial charge on any atom is 0.257 e. The number of nitrogens with zero attached hydrogens (tertiary/aromatic N) is 2. The average Bonchev–Trinajstić information content (AvgIpc) is 3.31. The molecule has 1 aromatic heterocycles. The van der Waals surface area contributed by atoms with Gasteiger partial charge in [-0.05, 0) is 75.1 Å². The Hall–Kier alpha value is -2.17. The van der Waals surface area contributed by atoms with Crippen molar-refractivity contribution in [3.05, 3.63) is 35.7 Å². The molecule has 4 unspecified atom stereocenters. The zero-order valence-corrected chi connectivity index (χ0v) is 14.2. The van der Waals surface area contributed by atoms with Crippen LogP contribution in [0, 0.1) is 24.7 Å². The fourth-order valence-corrected chi connectivity index (χ4v) is 4.48. The van der Waals surface area contributed by atoms with Crippen molar-refractivity contribution in [2.24, 2.45) is 17.8 Å². The molecule has 2 aliphatic rings. The van der Waals surface area contributed by atoms with E-state index in [9.17, 15) is 4.79 Å². The van der Waals surface area contributed by atoms with E-state index in [0.717, 1.165) is 17.4 Å². The van der Waals surface area contributed by atoms with Gasteiger partial charge in [-0.2, -0.15) is 4.98 Å². The normalized spacial score (nSPS) is 26.5. The Balaban J connectivity index is 1.41. The van der Waals surface area contributed by atoms with Crippen LogP contribution in [0.5, 0.6) is 0 Å². The zero-order valence-electron chi connectivity index (χ0n) is 14.2. The van der Waals surface area contributed by atoms with E-state index >= 15 is 0 Å². The lowest BCUT2D eigenvalue weighted by molar-refractivity contribution is 0.0915. The molecule has 1 N–H and O–H groups in total. The fraction of sp³-hybridized carbons (Fsp3) is 0.526. The molecule has 4 atom stereocenters. The molecule has 0 saturated heterocycles. The Morgan fingerprint density at radius 1 is 1.25 bits per heavy atom. The third kappa shape index (κ3) is 2.83. The summed E-state index contributed by atoms with van der Waals surface area (Å²) in [5, 5.41) is 6.98. The molecule has 0 radical (unpaired) electrons. The van der Waals surface area contributed by atoms with Crippen molar-refractivity contribution in [3.63, 3.8) is 0 Å². The van der Waals surface area contributed by atoms with Crippen LogP contribution >= 0.6 is 0 Å². The molecule has 0 spiro atoms. The van der Waals surface area contributed by atoms with Crippen molar-refractivity contribution in [2.45, 2.75) is 45.6 Å². The number of aromatic nitrogens is 2. The number of fused-ring (bicyclic) bond motifs is 2. The lowest BCUT2D eigenvalue weighted by Crippen LogP contribution is -2.40. The Morgan fingerprint density at radius 3 is 2.62 bits per heavy atom. The third-order valence-electron chi connectivity index (χ3n) is 5.72. The molecule has 4 rings (SSSR count). The van der Waals surface area contributed by atoms with Gasteiger partial charge in [-0.1, -0.05) is 11.6 Å². The van der Waals surface area contributed by atoms with Gasteiger partial charge >= 0.3 is 0 Å². The van der Waals surface area contributed by atoms with E-state index < -0.39 is 0 Å². The maximum atomic E-state index is 12.5. The zero-order chi connectivity index (χ0) is 16.7. The van der Waals surface area contributed by atoms with E-state index in [1.165, 1.54) is 25.7 Å². The molecule has 1 heterocycles. The summed E-state index contributed by atoms with van der Waals surface area (Å²) in [7, 11) is 0. The minimum absolute atomic E-state index is 0.00136. The highest BCUT2D eigenvalue weighted by Crippen LogP contribution is 2.49. The highest BCUT2D eigenvalue weighted by molar-refractivity contribution is 5.94. The molecule has 1 aromatic carbocycles. The lowest BCUT2D eigenvalue weighted by atomic mass is 9.84. The van der Waals surface area contributed by atoms with Gasteiger partial charge in [0.05, 0.1) is 0 Å². The van der Waals surface area contributed by atoms with Crippen LogP contribution in [0.1, 0.15) is 48.8 Å². The fourth-order valence-electron chi connectivity index (χ4n) is 4.48. The van der Waals surface area contributed by atoms with Gasteiger partial charge in [0.2, 0.25) is 0 Å². The third-order valence-corrected chi connectivity index (χ3v) is 5.72. The molecule has 1 amide bonds. The van der Waals surface area contributed by atoms with Gasteiger partial charge in [0.1, 0.15) is 0 Å². The summed E-state index contributed by atoms with van der Waals surface area (Å²) in [5.74, 6) is 3.44. The summed E-state index contributed by atoms with van der Waals surface area (Å²) in [6, 6.07) is 7.58. The number of benzene rings is 1. The first-order valence-electron chi connectivity index (χ1n) is 8.82. The van der Waals surface area contributed by atoms with Crippen LogP contribution in [0.15, 0.2) is 28.8 Å². The van der Waals surface area contributed by atoms with Crippen LogP contribution in [0.3, 0.4) is 0 Å². The van der Waals surface area contributed by atoms with Crippen molar-refractivity contribution in [1.82, 2.24) is 15.5 Å². The molecule has 2 fully saturated rings. The minimum Gasteiger partial charge on any atom is -0.349 e. The van der Waals surface area contributed by atoms with Gasteiger partial charge in [0, 0.05) is 17.2 Å². The first-order chi connectivity index (χ1) is 11.6. The molecule has 2 saturated carbocycles. The van der Waals surface area contributed by atoms with E-state index in [1.807, 2.05) is 24.3 Å².